The van der Waals surface area contributed by atoms with Gasteiger partial charge < -0.3 is 14.3 Å². The Balaban J connectivity index is 1.66. The number of halogens is 1. The van der Waals surface area contributed by atoms with Gasteiger partial charge in [-0.2, -0.15) is 5.10 Å². The Morgan fingerprint density at radius 3 is 3.09 bits per heavy atom. The highest BCUT2D eigenvalue weighted by Crippen LogP contribution is 2.27. The molecule has 0 aliphatic carbocycles. The first kappa shape index (κ1) is 15.6. The predicted octanol–water partition coefficient (Wildman–Crippen LogP) is 3.20. The number of carbonyl (C=O) groups excluding carboxylic acids is 1. The Hall–Kier alpha value is -2.28. The van der Waals surface area contributed by atoms with Crippen molar-refractivity contribution < 1.29 is 9.21 Å². The van der Waals surface area contributed by atoms with Gasteiger partial charge in [-0.15, -0.1) is 6.58 Å². The van der Waals surface area contributed by atoms with Crippen LogP contribution in [0.4, 0.5) is 0 Å². The van der Waals surface area contributed by atoms with Crippen LogP contribution in [0.25, 0.3) is 11.1 Å². The molecule has 0 bridgehead atoms. The van der Waals surface area contributed by atoms with Crippen molar-refractivity contribution in [3.63, 3.8) is 0 Å². The van der Waals surface area contributed by atoms with E-state index in [2.05, 4.69) is 32.9 Å². The summed E-state index contributed by atoms with van der Waals surface area (Å²) in [4.78, 5) is 12.4. The predicted molar refractivity (Wildman–Crippen MR) is 91.3 cm³/mol. The first-order valence-corrected chi connectivity index (χ1v) is 8.13. The molecule has 0 aliphatic rings. The molecule has 3 aromatic rings. The van der Waals surface area contributed by atoms with Crippen LogP contribution in [-0.4, -0.2) is 26.8 Å². The SMILES string of the molecule is C=CCn1c(C(=O)NCCCn2cccn2)cc2oc(Br)cc21. The number of allylic oxidation sites excluding steroid dienone is 1. The molecule has 0 aliphatic heterocycles. The zero-order valence-electron chi connectivity index (χ0n) is 12.5. The number of carbonyl (C=O) groups is 1. The van der Waals surface area contributed by atoms with Gasteiger partial charge in [0.2, 0.25) is 0 Å². The Labute approximate surface area is 141 Å². The minimum absolute atomic E-state index is 0.116. The fraction of sp³-hybridized carbons (Fsp3) is 0.250. The topological polar surface area (TPSA) is 65.0 Å². The largest absolute Gasteiger partial charge is 0.448 e. The molecule has 3 aromatic heterocycles. The highest BCUT2D eigenvalue weighted by molar-refractivity contribution is 9.10. The Kier molecular flexibility index (Phi) is 4.66. The van der Waals surface area contributed by atoms with E-state index >= 15 is 0 Å². The van der Waals surface area contributed by atoms with Gasteiger partial charge in [0.25, 0.3) is 5.91 Å². The van der Waals surface area contributed by atoms with Gasteiger partial charge in [-0.25, -0.2) is 0 Å². The lowest BCUT2D eigenvalue weighted by Gasteiger charge is -2.08. The van der Waals surface area contributed by atoms with E-state index in [1.165, 1.54) is 0 Å². The van der Waals surface area contributed by atoms with Crippen LogP contribution < -0.4 is 5.32 Å². The number of furan rings is 1. The van der Waals surface area contributed by atoms with E-state index < -0.39 is 0 Å². The third-order valence-electron chi connectivity index (χ3n) is 3.51. The zero-order chi connectivity index (χ0) is 16.2. The quantitative estimate of drug-likeness (QED) is 0.508. The van der Waals surface area contributed by atoms with E-state index in [4.69, 9.17) is 4.42 Å². The summed E-state index contributed by atoms with van der Waals surface area (Å²) in [6.45, 7) is 5.66. The molecule has 120 valence electrons. The van der Waals surface area contributed by atoms with Crippen molar-refractivity contribution in [3.8, 4) is 0 Å². The fourth-order valence-corrected chi connectivity index (χ4v) is 2.88. The van der Waals surface area contributed by atoms with Crippen LogP contribution in [0, 0.1) is 0 Å². The minimum atomic E-state index is -0.116. The number of nitrogens with one attached hydrogen (secondary N) is 1. The maximum Gasteiger partial charge on any atom is 0.268 e. The number of hydrogen-bond donors (Lipinski definition) is 1. The lowest BCUT2D eigenvalue weighted by atomic mass is 10.3. The number of hydrogen-bond acceptors (Lipinski definition) is 3. The Bertz CT molecular complexity index is 817. The van der Waals surface area contributed by atoms with Crippen molar-refractivity contribution in [2.24, 2.45) is 0 Å². The molecule has 0 aromatic carbocycles. The number of fused-ring (bicyclic) bond motifs is 1. The molecule has 3 rings (SSSR count). The maximum atomic E-state index is 12.4. The second kappa shape index (κ2) is 6.87. The van der Waals surface area contributed by atoms with Crippen LogP contribution in [0.2, 0.25) is 0 Å². The average molecular weight is 377 g/mol. The van der Waals surface area contributed by atoms with Crippen LogP contribution in [0.5, 0.6) is 0 Å². The van der Waals surface area contributed by atoms with Crippen molar-refractivity contribution in [1.29, 1.82) is 0 Å². The molecule has 1 amide bonds. The van der Waals surface area contributed by atoms with Crippen LogP contribution in [0.1, 0.15) is 16.9 Å². The summed E-state index contributed by atoms with van der Waals surface area (Å²) < 4.78 is 9.91. The summed E-state index contributed by atoms with van der Waals surface area (Å²) in [5, 5.41) is 7.07. The highest BCUT2D eigenvalue weighted by Gasteiger charge is 2.17. The minimum Gasteiger partial charge on any atom is -0.448 e. The number of aromatic nitrogens is 3. The van der Waals surface area contributed by atoms with Crippen LogP contribution in [0.15, 0.2) is 52.3 Å². The summed E-state index contributed by atoms with van der Waals surface area (Å²) in [5.74, 6) is -0.116. The molecule has 3 heterocycles. The zero-order valence-corrected chi connectivity index (χ0v) is 14.1. The van der Waals surface area contributed by atoms with Gasteiger partial charge in [0, 0.05) is 44.2 Å². The Morgan fingerprint density at radius 1 is 1.48 bits per heavy atom. The smallest absolute Gasteiger partial charge is 0.268 e. The third-order valence-corrected chi connectivity index (χ3v) is 3.90. The number of aryl methyl sites for hydroxylation is 1. The third kappa shape index (κ3) is 3.39. The lowest BCUT2D eigenvalue weighted by molar-refractivity contribution is 0.0944. The molecule has 0 saturated heterocycles. The molecule has 0 spiro atoms. The maximum absolute atomic E-state index is 12.4. The molecule has 0 saturated carbocycles. The van der Waals surface area contributed by atoms with Crippen molar-refractivity contribution in [3.05, 3.63) is 53.6 Å². The van der Waals surface area contributed by atoms with E-state index in [1.54, 1.807) is 18.3 Å². The summed E-state index contributed by atoms with van der Waals surface area (Å²) in [5.41, 5.74) is 2.13. The van der Waals surface area contributed by atoms with E-state index in [1.807, 2.05) is 27.6 Å². The van der Waals surface area contributed by atoms with Crippen LogP contribution in [-0.2, 0) is 13.1 Å². The molecule has 0 fully saturated rings. The second-order valence-electron chi connectivity index (χ2n) is 5.11. The number of rotatable bonds is 7. The fourth-order valence-electron chi connectivity index (χ4n) is 2.49. The van der Waals surface area contributed by atoms with Gasteiger partial charge >= 0.3 is 0 Å². The summed E-state index contributed by atoms with van der Waals surface area (Å²) >= 11 is 3.31. The van der Waals surface area contributed by atoms with E-state index in [0.717, 1.165) is 18.5 Å². The molecule has 6 nitrogen and oxygen atoms in total. The average Bonchev–Trinajstić information content (AvgIpc) is 3.22. The van der Waals surface area contributed by atoms with Crippen LogP contribution >= 0.6 is 15.9 Å². The highest BCUT2D eigenvalue weighted by atomic mass is 79.9. The summed E-state index contributed by atoms with van der Waals surface area (Å²) in [7, 11) is 0. The molecule has 0 unspecified atom stereocenters. The number of amides is 1. The van der Waals surface area contributed by atoms with E-state index in [-0.39, 0.29) is 5.91 Å². The van der Waals surface area contributed by atoms with Gasteiger partial charge in [-0.05, 0) is 28.4 Å². The summed E-state index contributed by atoms with van der Waals surface area (Å²) in [6.07, 6.45) is 6.23. The van der Waals surface area contributed by atoms with Crippen molar-refractivity contribution >= 4 is 32.9 Å². The molecule has 0 atom stereocenters. The molecular weight excluding hydrogens is 360 g/mol. The molecule has 7 heteroatoms. The second-order valence-corrected chi connectivity index (χ2v) is 5.89. The van der Waals surface area contributed by atoms with E-state index in [9.17, 15) is 4.79 Å². The molecule has 1 N–H and O–H groups in total. The van der Waals surface area contributed by atoms with Crippen molar-refractivity contribution in [1.82, 2.24) is 19.7 Å². The number of nitrogens with zero attached hydrogens (tertiary/aromatic N) is 3. The normalized spacial score (nSPS) is 11.0. The molecule has 0 radical (unpaired) electrons. The van der Waals surface area contributed by atoms with Gasteiger partial charge in [0.05, 0.1) is 5.52 Å². The van der Waals surface area contributed by atoms with Gasteiger partial charge in [0.1, 0.15) is 5.69 Å². The van der Waals surface area contributed by atoms with Gasteiger partial charge in [0.15, 0.2) is 10.3 Å². The van der Waals surface area contributed by atoms with Gasteiger partial charge in [-0.1, -0.05) is 6.08 Å². The van der Waals surface area contributed by atoms with Crippen molar-refractivity contribution in [2.75, 3.05) is 6.54 Å². The lowest BCUT2D eigenvalue weighted by Crippen LogP contribution is -2.27. The van der Waals surface area contributed by atoms with Gasteiger partial charge in [-0.3, -0.25) is 9.48 Å². The first-order chi connectivity index (χ1) is 11.2. The van der Waals surface area contributed by atoms with Crippen molar-refractivity contribution in [2.45, 2.75) is 19.5 Å². The summed E-state index contributed by atoms with van der Waals surface area (Å²) in [6, 6.07) is 5.49. The van der Waals surface area contributed by atoms with Crippen LogP contribution in [0.3, 0.4) is 0 Å². The Morgan fingerprint density at radius 2 is 2.35 bits per heavy atom. The monoisotopic (exact) mass is 376 g/mol. The molecular formula is C16H17BrN4O2. The van der Waals surface area contributed by atoms with E-state index in [0.29, 0.717) is 29.0 Å². The molecule has 23 heavy (non-hydrogen) atoms. The first-order valence-electron chi connectivity index (χ1n) is 7.34. The standard InChI is InChI=1S/C16H17BrN4O2/c1-2-7-21-12-11-15(17)23-14(12)10-13(21)16(22)18-5-3-8-20-9-4-6-19-20/h2,4,6,9-11H,1,3,5,7-8H2,(H,18,22).